The zero-order valence-corrected chi connectivity index (χ0v) is 18.2. The lowest BCUT2D eigenvalue weighted by atomic mass is 9.92. The molecule has 4 rings (SSSR count). The van der Waals surface area contributed by atoms with Crippen molar-refractivity contribution in [1.82, 2.24) is 4.98 Å². The highest BCUT2D eigenvalue weighted by Gasteiger charge is 2.40. The minimum atomic E-state index is -5.04. The number of benzene rings is 3. The third-order valence-electron chi connectivity index (χ3n) is 5.22. The van der Waals surface area contributed by atoms with Crippen molar-refractivity contribution in [2.45, 2.75) is 17.2 Å². The van der Waals surface area contributed by atoms with Gasteiger partial charge >= 0.3 is 12.4 Å². The summed E-state index contributed by atoms with van der Waals surface area (Å²) in [6, 6.07) is 15.1. The number of aromatic nitrogens is 1. The SMILES string of the molecule is CS(=O)(=O)c1ccc(-c2ccccc2)c(C(F)(F)F)c1-c1ccc2cccc(C(F)(F)F)c2n1. The first kappa shape index (κ1) is 23.7. The van der Waals surface area contributed by atoms with Gasteiger partial charge in [-0.2, -0.15) is 26.3 Å². The molecular weight excluding hydrogens is 480 g/mol. The quantitative estimate of drug-likeness (QED) is 0.287. The lowest BCUT2D eigenvalue weighted by Crippen LogP contribution is -2.14. The van der Waals surface area contributed by atoms with Crippen molar-refractivity contribution in [1.29, 1.82) is 0 Å². The summed E-state index contributed by atoms with van der Waals surface area (Å²) in [7, 11) is -4.22. The van der Waals surface area contributed by atoms with Gasteiger partial charge in [0, 0.05) is 17.2 Å². The van der Waals surface area contributed by atoms with Gasteiger partial charge < -0.3 is 0 Å². The zero-order valence-electron chi connectivity index (χ0n) is 17.4. The van der Waals surface area contributed by atoms with Crippen LogP contribution in [0.1, 0.15) is 11.1 Å². The summed E-state index contributed by atoms with van der Waals surface area (Å²) >= 11 is 0. The molecule has 34 heavy (non-hydrogen) atoms. The highest BCUT2D eigenvalue weighted by atomic mass is 32.2. The second-order valence-electron chi connectivity index (χ2n) is 7.57. The number of nitrogens with zero attached hydrogens (tertiary/aromatic N) is 1. The van der Waals surface area contributed by atoms with Crippen LogP contribution in [0.5, 0.6) is 0 Å². The third kappa shape index (κ3) is 4.37. The number of halogens is 6. The number of fused-ring (bicyclic) bond motifs is 1. The van der Waals surface area contributed by atoms with Crippen LogP contribution < -0.4 is 0 Å². The smallest absolute Gasteiger partial charge is 0.247 e. The van der Waals surface area contributed by atoms with Crippen LogP contribution in [0.2, 0.25) is 0 Å². The van der Waals surface area contributed by atoms with Crippen molar-refractivity contribution in [3.63, 3.8) is 0 Å². The number of para-hydroxylation sites is 1. The maximum absolute atomic E-state index is 14.4. The van der Waals surface area contributed by atoms with Crippen molar-refractivity contribution in [3.05, 3.63) is 83.9 Å². The first-order valence-corrected chi connectivity index (χ1v) is 11.6. The summed E-state index contributed by atoms with van der Waals surface area (Å²) in [5.41, 5.74) is -4.50. The van der Waals surface area contributed by atoms with Gasteiger partial charge in [-0.1, -0.05) is 54.6 Å². The Bertz CT molecular complexity index is 1490. The first-order chi connectivity index (χ1) is 15.8. The lowest BCUT2D eigenvalue weighted by Gasteiger charge is -2.21. The Hall–Kier alpha value is -3.40. The lowest BCUT2D eigenvalue weighted by molar-refractivity contribution is -0.137. The van der Waals surface area contributed by atoms with Gasteiger partial charge in [0.2, 0.25) is 0 Å². The molecule has 4 aromatic rings. The van der Waals surface area contributed by atoms with Gasteiger partial charge in [-0.05, 0) is 29.3 Å². The van der Waals surface area contributed by atoms with Crippen molar-refractivity contribution >= 4 is 20.7 Å². The Morgan fingerprint density at radius 3 is 2.00 bits per heavy atom. The Morgan fingerprint density at radius 2 is 1.41 bits per heavy atom. The minimum absolute atomic E-state index is 0.0484. The van der Waals surface area contributed by atoms with E-state index in [2.05, 4.69) is 4.98 Å². The van der Waals surface area contributed by atoms with Gasteiger partial charge in [0.25, 0.3) is 0 Å². The van der Waals surface area contributed by atoms with Crippen molar-refractivity contribution in [2.75, 3.05) is 6.26 Å². The van der Waals surface area contributed by atoms with Crippen LogP contribution in [0, 0.1) is 0 Å². The number of sulfone groups is 1. The average molecular weight is 495 g/mol. The van der Waals surface area contributed by atoms with Gasteiger partial charge in [0.1, 0.15) is 0 Å². The molecule has 0 saturated heterocycles. The van der Waals surface area contributed by atoms with Gasteiger partial charge in [0.15, 0.2) is 9.84 Å². The van der Waals surface area contributed by atoms with E-state index >= 15 is 0 Å². The number of pyridine rings is 1. The van der Waals surface area contributed by atoms with E-state index < -0.39 is 55.0 Å². The van der Waals surface area contributed by atoms with Crippen molar-refractivity contribution < 1.29 is 34.8 Å². The number of alkyl halides is 6. The van der Waals surface area contributed by atoms with Crippen molar-refractivity contribution in [2.24, 2.45) is 0 Å². The van der Waals surface area contributed by atoms with E-state index in [9.17, 15) is 34.8 Å². The fourth-order valence-electron chi connectivity index (χ4n) is 3.81. The van der Waals surface area contributed by atoms with Gasteiger partial charge in [-0.25, -0.2) is 13.4 Å². The first-order valence-electron chi connectivity index (χ1n) is 9.75. The summed E-state index contributed by atoms with van der Waals surface area (Å²) < 4.78 is 109. The van der Waals surface area contributed by atoms with E-state index in [-0.39, 0.29) is 16.5 Å². The number of rotatable bonds is 3. The van der Waals surface area contributed by atoms with Crippen LogP contribution in [0.4, 0.5) is 26.3 Å². The summed E-state index contributed by atoms with van der Waals surface area (Å²) in [6.45, 7) is 0. The molecule has 0 aliphatic heterocycles. The summed E-state index contributed by atoms with van der Waals surface area (Å²) in [5, 5.41) is 0.0484. The van der Waals surface area contributed by atoms with Crippen LogP contribution in [0.25, 0.3) is 33.3 Å². The minimum Gasteiger partial charge on any atom is -0.247 e. The largest absolute Gasteiger partial charge is 0.418 e. The molecule has 0 unspecified atom stereocenters. The standard InChI is InChI=1S/C24H15F6NO2S/c1-34(32,33)19-13-11-16(14-6-3-2-4-7-14)21(24(28,29)30)20(19)18-12-10-15-8-5-9-17(22(15)31-18)23(25,26)27/h2-13H,1H3. The molecule has 0 atom stereocenters. The molecule has 0 radical (unpaired) electrons. The molecule has 0 spiro atoms. The summed E-state index contributed by atoms with van der Waals surface area (Å²) in [4.78, 5) is 3.23. The molecular formula is C24H15F6NO2S. The maximum atomic E-state index is 14.4. The van der Waals surface area contributed by atoms with E-state index in [4.69, 9.17) is 0 Å². The van der Waals surface area contributed by atoms with E-state index in [0.29, 0.717) is 0 Å². The molecule has 0 amide bonds. The Morgan fingerprint density at radius 1 is 0.735 bits per heavy atom. The molecule has 0 fully saturated rings. The van der Waals surface area contributed by atoms with Gasteiger partial charge in [-0.15, -0.1) is 0 Å². The molecule has 0 bridgehead atoms. The molecule has 0 aliphatic carbocycles. The molecule has 0 saturated carbocycles. The van der Waals surface area contributed by atoms with E-state index in [0.717, 1.165) is 36.6 Å². The Labute approximate surface area is 190 Å². The maximum Gasteiger partial charge on any atom is 0.418 e. The number of hydrogen-bond donors (Lipinski definition) is 0. The monoisotopic (exact) mass is 495 g/mol. The molecule has 176 valence electrons. The van der Waals surface area contributed by atoms with E-state index in [1.807, 2.05) is 0 Å². The fourth-order valence-corrected chi connectivity index (χ4v) is 4.71. The molecule has 3 nitrogen and oxygen atoms in total. The predicted molar refractivity (Wildman–Crippen MR) is 116 cm³/mol. The fraction of sp³-hybridized carbons (Fsp3) is 0.125. The molecule has 0 aliphatic rings. The van der Waals surface area contributed by atoms with E-state index in [1.165, 1.54) is 36.4 Å². The van der Waals surface area contributed by atoms with Gasteiger partial charge in [0.05, 0.1) is 27.2 Å². The summed E-state index contributed by atoms with van der Waals surface area (Å²) in [6.07, 6.45) is -9.12. The normalized spacial score (nSPS) is 12.8. The van der Waals surface area contributed by atoms with Crippen molar-refractivity contribution in [3.8, 4) is 22.4 Å². The Balaban J connectivity index is 2.17. The zero-order chi connectivity index (χ0) is 24.9. The highest BCUT2D eigenvalue weighted by Crippen LogP contribution is 2.46. The molecule has 10 heteroatoms. The highest BCUT2D eigenvalue weighted by molar-refractivity contribution is 7.90. The second-order valence-corrected chi connectivity index (χ2v) is 9.55. The van der Waals surface area contributed by atoms with Crippen LogP contribution in [0.3, 0.4) is 0 Å². The van der Waals surface area contributed by atoms with Crippen LogP contribution in [0.15, 0.2) is 77.7 Å². The Kier molecular flexibility index (Phi) is 5.67. The molecule has 1 aromatic heterocycles. The predicted octanol–water partition coefficient (Wildman–Crippen LogP) is 7.01. The van der Waals surface area contributed by atoms with Crippen LogP contribution >= 0.6 is 0 Å². The number of hydrogen-bond acceptors (Lipinski definition) is 3. The average Bonchev–Trinajstić information content (AvgIpc) is 2.76. The van der Waals surface area contributed by atoms with E-state index in [1.54, 1.807) is 6.07 Å². The topological polar surface area (TPSA) is 47.0 Å². The van der Waals surface area contributed by atoms with Crippen LogP contribution in [-0.4, -0.2) is 19.7 Å². The summed E-state index contributed by atoms with van der Waals surface area (Å²) in [5.74, 6) is 0. The van der Waals surface area contributed by atoms with Gasteiger partial charge in [-0.3, -0.25) is 0 Å². The molecule has 1 heterocycles. The molecule has 3 aromatic carbocycles. The third-order valence-corrected chi connectivity index (χ3v) is 6.36. The van der Waals surface area contributed by atoms with Crippen LogP contribution in [-0.2, 0) is 22.2 Å². The molecule has 0 N–H and O–H groups in total. The second kappa shape index (κ2) is 8.12.